The van der Waals surface area contributed by atoms with E-state index in [9.17, 15) is 9.59 Å². The molecule has 2 rings (SSSR count). The van der Waals surface area contributed by atoms with Crippen molar-refractivity contribution < 1.29 is 14.7 Å². The number of aliphatic carboxylic acids is 1. The van der Waals surface area contributed by atoms with E-state index in [4.69, 9.17) is 16.7 Å². The minimum atomic E-state index is -0.841. The van der Waals surface area contributed by atoms with Crippen molar-refractivity contribution in [2.45, 2.75) is 6.42 Å². The van der Waals surface area contributed by atoms with E-state index in [-0.39, 0.29) is 12.5 Å². The number of amides is 1. The summed E-state index contributed by atoms with van der Waals surface area (Å²) < 4.78 is 0. The highest BCUT2D eigenvalue weighted by molar-refractivity contribution is 6.30. The van der Waals surface area contributed by atoms with Crippen molar-refractivity contribution in [3.63, 3.8) is 0 Å². The molecular formula is C12H12ClNO3. The lowest BCUT2D eigenvalue weighted by atomic mass is 10.1. The average Bonchev–Trinajstić information content (AvgIpc) is 2.77. The third kappa shape index (κ3) is 2.58. The second-order valence-electron chi connectivity index (χ2n) is 4.09. The van der Waals surface area contributed by atoms with E-state index < -0.39 is 11.9 Å². The maximum Gasteiger partial charge on any atom is 0.308 e. The molecule has 90 valence electrons. The highest BCUT2D eigenvalue weighted by Crippen LogP contribution is 2.20. The number of carboxylic acid groups (broad SMARTS) is 1. The molecule has 0 saturated carbocycles. The van der Waals surface area contributed by atoms with Gasteiger partial charge in [-0.25, -0.2) is 0 Å². The number of likely N-dealkylation sites (tertiary alicyclic amines) is 1. The molecule has 1 fully saturated rings. The zero-order chi connectivity index (χ0) is 12.4. The van der Waals surface area contributed by atoms with Crippen LogP contribution in [0, 0.1) is 5.92 Å². The van der Waals surface area contributed by atoms with Crippen LogP contribution in [-0.2, 0) is 4.79 Å². The lowest BCUT2D eigenvalue weighted by Gasteiger charge is -2.15. The summed E-state index contributed by atoms with van der Waals surface area (Å²) in [6.07, 6.45) is 0.516. The number of nitrogens with zero attached hydrogens (tertiary/aromatic N) is 1. The van der Waals surface area contributed by atoms with Gasteiger partial charge in [0.05, 0.1) is 5.92 Å². The molecule has 0 spiro atoms. The number of carbonyl (C=O) groups excluding carboxylic acids is 1. The van der Waals surface area contributed by atoms with Gasteiger partial charge in [-0.3, -0.25) is 9.59 Å². The molecule has 0 radical (unpaired) electrons. The normalized spacial score (nSPS) is 19.4. The standard InChI is InChI=1S/C12H12ClNO3/c13-10-3-1-2-8(6-10)11(15)14-5-4-9(7-14)12(16)17/h1-3,6,9H,4-5,7H2,(H,16,17)/t9-/m1/s1. The quantitative estimate of drug-likeness (QED) is 0.876. The van der Waals surface area contributed by atoms with Crippen molar-refractivity contribution in [1.82, 2.24) is 4.90 Å². The maximum atomic E-state index is 12.0. The van der Waals surface area contributed by atoms with E-state index in [1.807, 2.05) is 0 Å². The van der Waals surface area contributed by atoms with Gasteiger partial charge < -0.3 is 10.0 Å². The van der Waals surface area contributed by atoms with Gasteiger partial charge in [0.25, 0.3) is 5.91 Å². The molecule has 1 aliphatic heterocycles. The monoisotopic (exact) mass is 253 g/mol. The minimum absolute atomic E-state index is 0.156. The van der Waals surface area contributed by atoms with E-state index in [2.05, 4.69) is 0 Å². The van der Waals surface area contributed by atoms with E-state index in [0.717, 1.165) is 0 Å². The van der Waals surface area contributed by atoms with Crippen LogP contribution in [0.2, 0.25) is 5.02 Å². The Kier molecular flexibility index (Phi) is 3.33. The van der Waals surface area contributed by atoms with Crippen LogP contribution in [-0.4, -0.2) is 35.0 Å². The van der Waals surface area contributed by atoms with Gasteiger partial charge in [-0.05, 0) is 24.6 Å². The van der Waals surface area contributed by atoms with Crippen LogP contribution < -0.4 is 0 Å². The number of carboxylic acids is 1. The van der Waals surface area contributed by atoms with Crippen LogP contribution in [0.1, 0.15) is 16.8 Å². The lowest BCUT2D eigenvalue weighted by molar-refractivity contribution is -0.141. The Bertz CT molecular complexity index is 461. The predicted molar refractivity (Wildman–Crippen MR) is 63.1 cm³/mol. The Morgan fingerprint density at radius 2 is 2.18 bits per heavy atom. The van der Waals surface area contributed by atoms with Crippen LogP contribution in [0.15, 0.2) is 24.3 Å². The van der Waals surface area contributed by atoms with E-state index >= 15 is 0 Å². The largest absolute Gasteiger partial charge is 0.481 e. The van der Waals surface area contributed by atoms with Crippen LogP contribution in [0.25, 0.3) is 0 Å². The summed E-state index contributed by atoms with van der Waals surface area (Å²) in [5.74, 6) is -1.44. The number of benzene rings is 1. The second-order valence-corrected chi connectivity index (χ2v) is 4.52. The summed E-state index contributed by atoms with van der Waals surface area (Å²) in [5.41, 5.74) is 0.503. The van der Waals surface area contributed by atoms with Crippen molar-refractivity contribution in [2.24, 2.45) is 5.92 Å². The summed E-state index contributed by atoms with van der Waals surface area (Å²) in [5, 5.41) is 9.37. The Hall–Kier alpha value is -1.55. The molecule has 1 heterocycles. The molecule has 5 heteroatoms. The molecule has 1 aliphatic rings. The zero-order valence-corrected chi connectivity index (χ0v) is 9.85. The number of halogens is 1. The lowest BCUT2D eigenvalue weighted by Crippen LogP contribution is -2.29. The van der Waals surface area contributed by atoms with Crippen molar-refractivity contribution in [1.29, 1.82) is 0 Å². The van der Waals surface area contributed by atoms with Gasteiger partial charge in [-0.2, -0.15) is 0 Å². The van der Waals surface area contributed by atoms with Crippen molar-refractivity contribution in [3.8, 4) is 0 Å². The average molecular weight is 254 g/mol. The summed E-state index contributed by atoms with van der Waals surface area (Å²) in [6, 6.07) is 6.68. The maximum absolute atomic E-state index is 12.0. The van der Waals surface area contributed by atoms with Gasteiger partial charge in [0, 0.05) is 23.7 Å². The van der Waals surface area contributed by atoms with Crippen LogP contribution >= 0.6 is 11.6 Å². The van der Waals surface area contributed by atoms with Gasteiger partial charge in [0.2, 0.25) is 0 Å². The molecule has 0 aliphatic carbocycles. The fraction of sp³-hybridized carbons (Fsp3) is 0.333. The van der Waals surface area contributed by atoms with Crippen LogP contribution in [0.5, 0.6) is 0 Å². The molecule has 1 N–H and O–H groups in total. The van der Waals surface area contributed by atoms with Crippen molar-refractivity contribution in [3.05, 3.63) is 34.9 Å². The van der Waals surface area contributed by atoms with Gasteiger partial charge in [0.1, 0.15) is 0 Å². The summed E-state index contributed by atoms with van der Waals surface area (Å²) >= 11 is 5.81. The summed E-state index contributed by atoms with van der Waals surface area (Å²) in [7, 11) is 0. The van der Waals surface area contributed by atoms with Gasteiger partial charge in [-0.1, -0.05) is 17.7 Å². The van der Waals surface area contributed by atoms with Gasteiger partial charge in [-0.15, -0.1) is 0 Å². The Morgan fingerprint density at radius 1 is 1.41 bits per heavy atom. The molecule has 1 amide bonds. The first kappa shape index (κ1) is 11.9. The summed E-state index contributed by atoms with van der Waals surface area (Å²) in [4.78, 5) is 24.4. The number of hydrogen-bond acceptors (Lipinski definition) is 2. The van der Waals surface area contributed by atoms with E-state index in [1.54, 1.807) is 29.2 Å². The molecule has 1 atom stereocenters. The molecule has 0 aromatic heterocycles. The first-order valence-corrected chi connectivity index (χ1v) is 5.73. The molecule has 17 heavy (non-hydrogen) atoms. The predicted octanol–water partition coefficient (Wildman–Crippen LogP) is 1.89. The topological polar surface area (TPSA) is 57.6 Å². The molecule has 1 saturated heterocycles. The fourth-order valence-corrected chi connectivity index (χ4v) is 2.14. The number of rotatable bonds is 2. The van der Waals surface area contributed by atoms with Gasteiger partial charge in [0.15, 0.2) is 0 Å². The zero-order valence-electron chi connectivity index (χ0n) is 9.10. The molecular weight excluding hydrogens is 242 g/mol. The number of hydrogen-bond donors (Lipinski definition) is 1. The van der Waals surface area contributed by atoms with Crippen LogP contribution in [0.3, 0.4) is 0 Å². The number of carbonyl (C=O) groups is 2. The molecule has 0 bridgehead atoms. The Balaban J connectivity index is 2.09. The van der Waals surface area contributed by atoms with Gasteiger partial charge >= 0.3 is 5.97 Å². The smallest absolute Gasteiger partial charge is 0.308 e. The van der Waals surface area contributed by atoms with E-state index in [1.165, 1.54) is 0 Å². The minimum Gasteiger partial charge on any atom is -0.481 e. The highest BCUT2D eigenvalue weighted by Gasteiger charge is 2.31. The van der Waals surface area contributed by atoms with Crippen molar-refractivity contribution in [2.75, 3.05) is 13.1 Å². The Labute approximate surface area is 104 Å². The second kappa shape index (κ2) is 4.75. The highest BCUT2D eigenvalue weighted by atomic mass is 35.5. The third-order valence-electron chi connectivity index (χ3n) is 2.90. The van der Waals surface area contributed by atoms with Crippen molar-refractivity contribution >= 4 is 23.5 Å². The summed E-state index contributed by atoms with van der Waals surface area (Å²) in [6.45, 7) is 0.767. The van der Waals surface area contributed by atoms with E-state index in [0.29, 0.717) is 23.6 Å². The first-order chi connectivity index (χ1) is 8.08. The molecule has 4 nitrogen and oxygen atoms in total. The van der Waals surface area contributed by atoms with Crippen LogP contribution in [0.4, 0.5) is 0 Å². The molecule has 1 aromatic carbocycles. The molecule has 1 aromatic rings. The SMILES string of the molecule is O=C(O)[C@@H]1CCN(C(=O)c2cccc(Cl)c2)C1. The molecule has 0 unspecified atom stereocenters. The fourth-order valence-electron chi connectivity index (χ4n) is 1.95. The first-order valence-electron chi connectivity index (χ1n) is 5.35. The third-order valence-corrected chi connectivity index (χ3v) is 3.13. The Morgan fingerprint density at radius 3 is 2.76 bits per heavy atom.